The summed E-state index contributed by atoms with van der Waals surface area (Å²) >= 11 is 0. The Kier molecular flexibility index (Phi) is 5.08. The van der Waals surface area contributed by atoms with E-state index in [1.165, 1.54) is 23.1 Å². The van der Waals surface area contributed by atoms with E-state index < -0.39 is 10.8 Å². The Hall–Kier alpha value is -2.44. The fourth-order valence-electron chi connectivity index (χ4n) is 2.60. The predicted molar refractivity (Wildman–Crippen MR) is 78.4 cm³/mol. The third kappa shape index (κ3) is 3.41. The molecule has 1 aliphatic heterocycles. The SMILES string of the molecule is CCOC(=O)[C@H]1CCCN(C(=O)c2ccccc2[N+](=O)[O-])C1. The van der Waals surface area contributed by atoms with Crippen LogP contribution in [0.15, 0.2) is 24.3 Å². The van der Waals surface area contributed by atoms with Gasteiger partial charge in [-0.1, -0.05) is 12.1 Å². The number of para-hydroxylation sites is 1. The van der Waals surface area contributed by atoms with E-state index in [1.807, 2.05) is 0 Å². The van der Waals surface area contributed by atoms with E-state index in [9.17, 15) is 19.7 Å². The zero-order valence-corrected chi connectivity index (χ0v) is 12.4. The van der Waals surface area contributed by atoms with E-state index in [4.69, 9.17) is 4.74 Å². The van der Waals surface area contributed by atoms with E-state index >= 15 is 0 Å². The van der Waals surface area contributed by atoms with Gasteiger partial charge in [0.05, 0.1) is 17.4 Å². The van der Waals surface area contributed by atoms with E-state index in [0.717, 1.165) is 0 Å². The first kappa shape index (κ1) is 15.9. The largest absolute Gasteiger partial charge is 0.466 e. The summed E-state index contributed by atoms with van der Waals surface area (Å²) in [4.78, 5) is 36.3. The molecule has 2 rings (SSSR count). The second kappa shape index (κ2) is 7.02. The first-order chi connectivity index (χ1) is 10.5. The number of nitrogens with zero attached hydrogens (tertiary/aromatic N) is 2. The summed E-state index contributed by atoms with van der Waals surface area (Å²) in [6, 6.07) is 5.86. The van der Waals surface area contributed by atoms with E-state index in [2.05, 4.69) is 0 Å². The van der Waals surface area contributed by atoms with Crippen molar-refractivity contribution in [2.75, 3.05) is 19.7 Å². The molecule has 7 heteroatoms. The van der Waals surface area contributed by atoms with Gasteiger partial charge >= 0.3 is 5.97 Å². The highest BCUT2D eigenvalue weighted by Gasteiger charge is 2.32. The molecule has 0 unspecified atom stereocenters. The molecule has 1 heterocycles. The molecule has 0 aromatic heterocycles. The van der Waals surface area contributed by atoms with Crippen molar-refractivity contribution in [3.05, 3.63) is 39.9 Å². The molecule has 0 spiro atoms. The molecule has 1 aliphatic rings. The molecule has 7 nitrogen and oxygen atoms in total. The van der Waals surface area contributed by atoms with Crippen LogP contribution in [-0.4, -0.2) is 41.4 Å². The molecule has 0 saturated carbocycles. The summed E-state index contributed by atoms with van der Waals surface area (Å²) in [7, 11) is 0. The number of ether oxygens (including phenoxy) is 1. The summed E-state index contributed by atoms with van der Waals surface area (Å²) in [6.45, 7) is 2.76. The fourth-order valence-corrected chi connectivity index (χ4v) is 2.60. The number of nitro benzene ring substituents is 1. The van der Waals surface area contributed by atoms with Gasteiger partial charge in [-0.25, -0.2) is 0 Å². The lowest BCUT2D eigenvalue weighted by Crippen LogP contribution is -2.43. The second-order valence-corrected chi connectivity index (χ2v) is 5.12. The van der Waals surface area contributed by atoms with Gasteiger partial charge in [0, 0.05) is 19.2 Å². The third-order valence-electron chi connectivity index (χ3n) is 3.66. The Labute approximate surface area is 128 Å². The van der Waals surface area contributed by atoms with Gasteiger partial charge in [-0.3, -0.25) is 19.7 Å². The Morgan fingerprint density at radius 3 is 2.82 bits per heavy atom. The quantitative estimate of drug-likeness (QED) is 0.482. The molecule has 0 aliphatic carbocycles. The summed E-state index contributed by atoms with van der Waals surface area (Å²) in [6.07, 6.45) is 1.34. The fraction of sp³-hybridized carbons (Fsp3) is 0.467. The number of esters is 1. The standard InChI is InChI=1S/C15H18N2O5/c1-2-22-15(19)11-6-5-9-16(10-11)14(18)12-7-3-4-8-13(12)17(20)21/h3-4,7-8,11H,2,5-6,9-10H2,1H3/t11-/m0/s1. The van der Waals surface area contributed by atoms with Gasteiger partial charge in [0.15, 0.2) is 0 Å². The van der Waals surface area contributed by atoms with Gasteiger partial charge in [-0.05, 0) is 25.8 Å². The van der Waals surface area contributed by atoms with Crippen molar-refractivity contribution in [1.82, 2.24) is 4.90 Å². The second-order valence-electron chi connectivity index (χ2n) is 5.12. The minimum atomic E-state index is -0.569. The van der Waals surface area contributed by atoms with E-state index in [1.54, 1.807) is 13.0 Å². The number of hydrogen-bond acceptors (Lipinski definition) is 5. The monoisotopic (exact) mass is 306 g/mol. The number of benzene rings is 1. The average Bonchev–Trinajstić information content (AvgIpc) is 2.54. The number of amides is 1. The van der Waals surface area contributed by atoms with Gasteiger partial charge in [0.1, 0.15) is 5.56 Å². The van der Waals surface area contributed by atoms with Crippen molar-refractivity contribution in [3.63, 3.8) is 0 Å². The maximum absolute atomic E-state index is 12.5. The molecule has 1 aromatic rings. The van der Waals surface area contributed by atoms with Crippen LogP contribution in [0.5, 0.6) is 0 Å². The number of nitro groups is 1. The summed E-state index contributed by atoms with van der Waals surface area (Å²) in [5, 5.41) is 11.0. The van der Waals surface area contributed by atoms with Crippen LogP contribution in [0.3, 0.4) is 0 Å². The minimum absolute atomic E-state index is 0.0528. The van der Waals surface area contributed by atoms with Crippen LogP contribution in [-0.2, 0) is 9.53 Å². The van der Waals surface area contributed by atoms with Gasteiger partial charge in [0.2, 0.25) is 0 Å². The van der Waals surface area contributed by atoms with Crippen molar-refractivity contribution >= 4 is 17.6 Å². The lowest BCUT2D eigenvalue weighted by atomic mass is 9.97. The lowest BCUT2D eigenvalue weighted by molar-refractivity contribution is -0.385. The smallest absolute Gasteiger partial charge is 0.310 e. The van der Waals surface area contributed by atoms with Crippen LogP contribution < -0.4 is 0 Å². The number of hydrogen-bond donors (Lipinski definition) is 0. The van der Waals surface area contributed by atoms with Crippen molar-refractivity contribution in [1.29, 1.82) is 0 Å². The molecular weight excluding hydrogens is 288 g/mol. The molecule has 1 atom stereocenters. The van der Waals surface area contributed by atoms with Crippen LogP contribution in [0.1, 0.15) is 30.1 Å². The molecular formula is C15H18N2O5. The maximum Gasteiger partial charge on any atom is 0.310 e. The number of carbonyl (C=O) groups excluding carboxylic acids is 2. The van der Waals surface area contributed by atoms with Crippen molar-refractivity contribution < 1.29 is 19.2 Å². The molecule has 1 aromatic carbocycles. The molecule has 0 bridgehead atoms. The summed E-state index contributed by atoms with van der Waals surface area (Å²) in [5.41, 5.74) is -0.164. The molecule has 22 heavy (non-hydrogen) atoms. The highest BCUT2D eigenvalue weighted by molar-refractivity contribution is 5.98. The first-order valence-electron chi connectivity index (χ1n) is 7.24. The number of likely N-dealkylation sites (tertiary alicyclic amines) is 1. The van der Waals surface area contributed by atoms with Crippen LogP contribution in [0.4, 0.5) is 5.69 Å². The summed E-state index contributed by atoms with van der Waals surface area (Å²) in [5.74, 6) is -1.09. The first-order valence-corrected chi connectivity index (χ1v) is 7.24. The minimum Gasteiger partial charge on any atom is -0.466 e. The maximum atomic E-state index is 12.5. The third-order valence-corrected chi connectivity index (χ3v) is 3.66. The number of rotatable bonds is 4. The topological polar surface area (TPSA) is 89.8 Å². The molecule has 1 saturated heterocycles. The Morgan fingerprint density at radius 1 is 1.41 bits per heavy atom. The van der Waals surface area contributed by atoms with Crippen LogP contribution >= 0.6 is 0 Å². The van der Waals surface area contributed by atoms with Crippen LogP contribution in [0, 0.1) is 16.0 Å². The molecule has 1 fully saturated rings. The van der Waals surface area contributed by atoms with Crippen molar-refractivity contribution in [2.45, 2.75) is 19.8 Å². The highest BCUT2D eigenvalue weighted by Crippen LogP contribution is 2.24. The normalized spacial score (nSPS) is 17.9. The Balaban J connectivity index is 2.16. The van der Waals surface area contributed by atoms with Crippen molar-refractivity contribution in [2.24, 2.45) is 5.92 Å². The molecule has 0 radical (unpaired) electrons. The average molecular weight is 306 g/mol. The number of carbonyl (C=O) groups is 2. The number of piperidine rings is 1. The summed E-state index contributed by atoms with van der Waals surface area (Å²) < 4.78 is 4.99. The zero-order valence-electron chi connectivity index (χ0n) is 12.4. The Morgan fingerprint density at radius 2 is 2.14 bits per heavy atom. The van der Waals surface area contributed by atoms with Gasteiger partial charge in [-0.15, -0.1) is 0 Å². The van der Waals surface area contributed by atoms with Crippen LogP contribution in [0.2, 0.25) is 0 Å². The van der Waals surface area contributed by atoms with Gasteiger partial charge in [-0.2, -0.15) is 0 Å². The molecule has 1 amide bonds. The Bertz CT molecular complexity index is 587. The molecule has 118 valence electrons. The van der Waals surface area contributed by atoms with Crippen molar-refractivity contribution in [3.8, 4) is 0 Å². The zero-order chi connectivity index (χ0) is 16.1. The van der Waals surface area contributed by atoms with Gasteiger partial charge < -0.3 is 9.64 Å². The predicted octanol–water partition coefficient (Wildman–Crippen LogP) is 2.01. The molecule has 0 N–H and O–H groups in total. The highest BCUT2D eigenvalue weighted by atomic mass is 16.6. The van der Waals surface area contributed by atoms with E-state index in [0.29, 0.717) is 26.0 Å². The van der Waals surface area contributed by atoms with Gasteiger partial charge in [0.25, 0.3) is 11.6 Å². The van der Waals surface area contributed by atoms with Crippen LogP contribution in [0.25, 0.3) is 0 Å². The lowest BCUT2D eigenvalue weighted by Gasteiger charge is -2.31. The van der Waals surface area contributed by atoms with E-state index in [-0.39, 0.29) is 29.7 Å².